The lowest BCUT2D eigenvalue weighted by Gasteiger charge is -2.11. The number of nitro groups is 1. The third-order valence-electron chi connectivity index (χ3n) is 2.71. The van der Waals surface area contributed by atoms with Crippen LogP contribution in [0.25, 0.3) is 11.3 Å². The minimum atomic E-state index is -4.96. The molecule has 2 aromatic rings. The first kappa shape index (κ1) is 15.5. The summed E-state index contributed by atoms with van der Waals surface area (Å²) in [5, 5.41) is 11.1. The molecule has 0 atom stereocenters. The predicted molar refractivity (Wildman–Crippen MR) is 67.6 cm³/mol. The number of rotatable bonds is 4. The van der Waals surface area contributed by atoms with E-state index in [0.717, 1.165) is 6.07 Å². The molecule has 0 unspecified atom stereocenters. The van der Waals surface area contributed by atoms with Crippen LogP contribution in [0.4, 0.5) is 18.9 Å². The number of hydrogen-bond donors (Lipinski definition) is 0. The van der Waals surface area contributed by atoms with Gasteiger partial charge in [-0.15, -0.1) is 13.2 Å². The molecule has 0 saturated carbocycles. The predicted octanol–water partition coefficient (Wildman–Crippen LogP) is 3.87. The van der Waals surface area contributed by atoms with E-state index in [2.05, 4.69) is 4.74 Å². The maximum Gasteiger partial charge on any atom is 0.573 e. The monoisotopic (exact) mass is 315 g/mol. The minimum Gasteiger partial charge on any atom is -0.453 e. The number of nitrogens with zero attached hydrogens (tertiary/aromatic N) is 1. The highest BCUT2D eigenvalue weighted by Gasteiger charge is 2.33. The van der Waals surface area contributed by atoms with Gasteiger partial charge in [0.15, 0.2) is 12.0 Å². The van der Waals surface area contributed by atoms with Crippen molar-refractivity contribution >= 4 is 12.0 Å². The minimum absolute atomic E-state index is 0.00450. The normalized spacial score (nSPS) is 11.3. The van der Waals surface area contributed by atoms with Crippen LogP contribution in [0.2, 0.25) is 0 Å². The Kier molecular flexibility index (Phi) is 3.89. The van der Waals surface area contributed by atoms with E-state index in [0.29, 0.717) is 12.4 Å². The van der Waals surface area contributed by atoms with E-state index >= 15 is 0 Å². The summed E-state index contributed by atoms with van der Waals surface area (Å²) in [6, 6.07) is 4.27. The van der Waals surface area contributed by atoms with Gasteiger partial charge in [0.1, 0.15) is 11.5 Å². The first-order valence-corrected chi connectivity index (χ1v) is 5.81. The maximum atomic E-state index is 12.2. The van der Waals surface area contributed by atoms with Gasteiger partial charge in [0, 0.05) is 0 Å². The third-order valence-corrected chi connectivity index (χ3v) is 2.71. The molecular weight excluding hydrogens is 307 g/mol. The molecule has 0 fully saturated rings. The number of benzene rings is 1. The fourth-order valence-corrected chi connectivity index (χ4v) is 1.94. The smallest absolute Gasteiger partial charge is 0.453 e. The number of aryl methyl sites for hydroxylation is 1. The molecule has 116 valence electrons. The highest BCUT2D eigenvalue weighted by molar-refractivity contribution is 5.78. The topological polar surface area (TPSA) is 82.6 Å². The van der Waals surface area contributed by atoms with Crippen LogP contribution >= 0.6 is 0 Å². The molecule has 1 aromatic heterocycles. The molecule has 0 saturated heterocycles. The molecule has 0 N–H and O–H groups in total. The van der Waals surface area contributed by atoms with Gasteiger partial charge in [-0.2, -0.15) is 0 Å². The Morgan fingerprint density at radius 1 is 1.32 bits per heavy atom. The van der Waals surface area contributed by atoms with Gasteiger partial charge >= 0.3 is 6.36 Å². The molecule has 0 amide bonds. The molecule has 1 aromatic carbocycles. The van der Waals surface area contributed by atoms with Crippen molar-refractivity contribution in [3.63, 3.8) is 0 Å². The Hall–Kier alpha value is -2.84. The molecule has 0 aliphatic carbocycles. The average Bonchev–Trinajstić information content (AvgIpc) is 2.84. The molecule has 0 radical (unpaired) electrons. The van der Waals surface area contributed by atoms with Crippen LogP contribution in [-0.2, 0) is 0 Å². The van der Waals surface area contributed by atoms with E-state index in [-0.39, 0.29) is 22.6 Å². The van der Waals surface area contributed by atoms with Crippen LogP contribution in [-0.4, -0.2) is 17.6 Å². The van der Waals surface area contributed by atoms with E-state index in [1.807, 2.05) is 0 Å². The Labute approximate surface area is 121 Å². The Morgan fingerprint density at radius 3 is 2.50 bits per heavy atom. The first-order chi connectivity index (χ1) is 10.2. The molecular formula is C13H8F3NO5. The van der Waals surface area contributed by atoms with Gasteiger partial charge in [-0.25, -0.2) is 0 Å². The fourth-order valence-electron chi connectivity index (χ4n) is 1.94. The number of ether oxygens (including phenoxy) is 1. The summed E-state index contributed by atoms with van der Waals surface area (Å²) in [5.41, 5.74) is -0.501. The van der Waals surface area contributed by atoms with Crippen molar-refractivity contribution in [3.8, 4) is 17.1 Å². The molecule has 22 heavy (non-hydrogen) atoms. The largest absolute Gasteiger partial charge is 0.573 e. The summed E-state index contributed by atoms with van der Waals surface area (Å²) in [5.74, 6) is -0.758. The molecule has 0 aliphatic rings. The van der Waals surface area contributed by atoms with Crippen LogP contribution in [0.1, 0.15) is 16.1 Å². The highest BCUT2D eigenvalue weighted by Crippen LogP contribution is 2.38. The number of furan rings is 1. The standard InChI is InChI=1S/C13H8F3NO5/c1-7-4-9(22-13(14,15)16)5-10(17(19)20)12(7)11-3-2-8(6-18)21-11/h2-6H,1H3. The number of halogens is 3. The van der Waals surface area contributed by atoms with Crippen LogP contribution in [0.15, 0.2) is 28.7 Å². The number of carbonyl (C=O) groups excluding carboxylic acids is 1. The third kappa shape index (κ3) is 3.25. The van der Waals surface area contributed by atoms with Gasteiger partial charge in [-0.05, 0) is 30.7 Å². The summed E-state index contributed by atoms with van der Waals surface area (Å²) in [6.07, 6.45) is -4.55. The summed E-state index contributed by atoms with van der Waals surface area (Å²) in [4.78, 5) is 20.8. The number of alkyl halides is 3. The zero-order chi connectivity index (χ0) is 16.5. The molecule has 0 aliphatic heterocycles. The summed E-state index contributed by atoms with van der Waals surface area (Å²) < 4.78 is 45.5. The van der Waals surface area contributed by atoms with Crippen molar-refractivity contribution in [3.05, 3.63) is 45.7 Å². The lowest BCUT2D eigenvalue weighted by Crippen LogP contribution is -2.17. The fraction of sp³-hybridized carbons (Fsp3) is 0.154. The van der Waals surface area contributed by atoms with Crippen molar-refractivity contribution in [2.75, 3.05) is 0 Å². The zero-order valence-corrected chi connectivity index (χ0v) is 11.0. The van der Waals surface area contributed by atoms with Crippen molar-refractivity contribution in [1.82, 2.24) is 0 Å². The molecule has 0 spiro atoms. The van der Waals surface area contributed by atoms with E-state index in [1.165, 1.54) is 19.1 Å². The van der Waals surface area contributed by atoms with Gasteiger partial charge in [-0.3, -0.25) is 14.9 Å². The van der Waals surface area contributed by atoms with Gasteiger partial charge in [0.25, 0.3) is 5.69 Å². The zero-order valence-electron chi connectivity index (χ0n) is 11.0. The highest BCUT2D eigenvalue weighted by atomic mass is 19.4. The number of hydrogen-bond acceptors (Lipinski definition) is 5. The molecule has 9 heteroatoms. The number of nitro benzene ring substituents is 1. The van der Waals surface area contributed by atoms with Crippen molar-refractivity contribution in [2.24, 2.45) is 0 Å². The van der Waals surface area contributed by atoms with Gasteiger partial charge in [0.05, 0.1) is 16.6 Å². The van der Waals surface area contributed by atoms with Crippen molar-refractivity contribution < 1.29 is 32.0 Å². The van der Waals surface area contributed by atoms with E-state index in [9.17, 15) is 28.1 Å². The number of carbonyl (C=O) groups is 1. The van der Waals surface area contributed by atoms with E-state index < -0.39 is 22.7 Å². The summed E-state index contributed by atoms with van der Waals surface area (Å²) in [7, 11) is 0. The molecule has 1 heterocycles. The van der Waals surface area contributed by atoms with Crippen molar-refractivity contribution in [1.29, 1.82) is 0 Å². The summed E-state index contributed by atoms with van der Waals surface area (Å²) in [6.45, 7) is 1.37. The van der Waals surface area contributed by atoms with Gasteiger partial charge in [-0.1, -0.05) is 0 Å². The molecule has 2 rings (SSSR count). The second kappa shape index (κ2) is 5.51. The Morgan fingerprint density at radius 2 is 2.00 bits per heavy atom. The second-order valence-electron chi connectivity index (χ2n) is 4.26. The molecule has 0 bridgehead atoms. The molecule has 6 nitrogen and oxygen atoms in total. The van der Waals surface area contributed by atoms with Crippen molar-refractivity contribution in [2.45, 2.75) is 13.3 Å². The van der Waals surface area contributed by atoms with Crippen LogP contribution in [0.3, 0.4) is 0 Å². The number of aldehydes is 1. The quantitative estimate of drug-likeness (QED) is 0.486. The Bertz CT molecular complexity index is 736. The second-order valence-corrected chi connectivity index (χ2v) is 4.26. The van der Waals surface area contributed by atoms with E-state index in [4.69, 9.17) is 4.42 Å². The summed E-state index contributed by atoms with van der Waals surface area (Å²) >= 11 is 0. The first-order valence-electron chi connectivity index (χ1n) is 5.81. The van der Waals surface area contributed by atoms with E-state index in [1.54, 1.807) is 0 Å². The Balaban J connectivity index is 2.58. The SMILES string of the molecule is Cc1cc(OC(F)(F)F)cc([N+](=O)[O-])c1-c1ccc(C=O)o1. The maximum absolute atomic E-state index is 12.2. The van der Waals surface area contributed by atoms with Gasteiger partial charge in [0.2, 0.25) is 0 Å². The lowest BCUT2D eigenvalue weighted by atomic mass is 10.0. The van der Waals surface area contributed by atoms with Gasteiger partial charge < -0.3 is 9.15 Å². The average molecular weight is 315 g/mol. The van der Waals surface area contributed by atoms with Crippen LogP contribution < -0.4 is 4.74 Å². The van der Waals surface area contributed by atoms with Crippen LogP contribution in [0.5, 0.6) is 5.75 Å². The van der Waals surface area contributed by atoms with Crippen LogP contribution in [0, 0.1) is 17.0 Å². The lowest BCUT2D eigenvalue weighted by molar-refractivity contribution is -0.384.